The van der Waals surface area contributed by atoms with Crippen LogP contribution < -0.4 is 10.2 Å². The van der Waals surface area contributed by atoms with Crippen molar-refractivity contribution in [1.29, 1.82) is 0 Å². The number of nitrogens with zero attached hydrogens (tertiary/aromatic N) is 2. The minimum absolute atomic E-state index is 0.0903. The minimum Gasteiger partial charge on any atom is -0.378 e. The van der Waals surface area contributed by atoms with Crippen molar-refractivity contribution in [2.24, 2.45) is 0 Å². The van der Waals surface area contributed by atoms with E-state index in [1.165, 1.54) is 0 Å². The highest BCUT2D eigenvalue weighted by Gasteiger charge is 2.15. The molecule has 1 aromatic carbocycles. The van der Waals surface area contributed by atoms with Crippen LogP contribution in [0.2, 0.25) is 0 Å². The SMILES string of the molecule is Fc1cc(N2CCOCC2)ccc1CN1CCNCC1. The van der Waals surface area contributed by atoms with Gasteiger partial charge in [-0.25, -0.2) is 4.39 Å². The number of nitrogens with one attached hydrogen (secondary N) is 1. The molecule has 2 heterocycles. The van der Waals surface area contributed by atoms with E-state index in [4.69, 9.17) is 4.74 Å². The van der Waals surface area contributed by atoms with E-state index in [0.717, 1.165) is 63.7 Å². The maximum Gasteiger partial charge on any atom is 0.129 e. The zero-order chi connectivity index (χ0) is 13.8. The molecule has 2 fully saturated rings. The van der Waals surface area contributed by atoms with Crippen LogP contribution in [0.15, 0.2) is 18.2 Å². The minimum atomic E-state index is -0.0903. The summed E-state index contributed by atoms with van der Waals surface area (Å²) in [6, 6.07) is 5.64. The standard InChI is InChI=1S/C15H22FN3O/c16-15-11-14(19-7-9-20-10-8-19)2-1-13(15)12-18-5-3-17-4-6-18/h1-2,11,17H,3-10,12H2. The fourth-order valence-corrected chi connectivity index (χ4v) is 2.79. The van der Waals surface area contributed by atoms with Crippen molar-refractivity contribution in [3.05, 3.63) is 29.6 Å². The fraction of sp³-hybridized carbons (Fsp3) is 0.600. The third-order valence-corrected chi connectivity index (χ3v) is 4.02. The first-order chi connectivity index (χ1) is 9.83. The van der Waals surface area contributed by atoms with Crippen LogP contribution in [0.4, 0.5) is 10.1 Å². The number of rotatable bonds is 3. The fourth-order valence-electron chi connectivity index (χ4n) is 2.79. The number of benzene rings is 1. The molecule has 2 aliphatic rings. The van der Waals surface area contributed by atoms with Gasteiger partial charge >= 0.3 is 0 Å². The molecule has 110 valence electrons. The summed E-state index contributed by atoms with van der Waals surface area (Å²) >= 11 is 0. The Morgan fingerprint density at radius 3 is 2.55 bits per heavy atom. The molecule has 1 N–H and O–H groups in total. The van der Waals surface area contributed by atoms with Gasteiger partial charge in [-0.15, -0.1) is 0 Å². The lowest BCUT2D eigenvalue weighted by atomic mass is 10.1. The summed E-state index contributed by atoms with van der Waals surface area (Å²) in [6.07, 6.45) is 0. The highest BCUT2D eigenvalue weighted by molar-refractivity contribution is 5.48. The number of hydrogen-bond donors (Lipinski definition) is 1. The van der Waals surface area contributed by atoms with Crippen molar-refractivity contribution in [3.63, 3.8) is 0 Å². The third kappa shape index (κ3) is 3.29. The molecule has 5 heteroatoms. The predicted molar refractivity (Wildman–Crippen MR) is 77.6 cm³/mol. The van der Waals surface area contributed by atoms with E-state index in [1.807, 2.05) is 12.1 Å². The van der Waals surface area contributed by atoms with Gasteiger partial charge in [-0.05, 0) is 12.1 Å². The van der Waals surface area contributed by atoms with Crippen LogP contribution in [0.25, 0.3) is 0 Å². The molecular formula is C15H22FN3O. The van der Waals surface area contributed by atoms with Crippen molar-refractivity contribution in [3.8, 4) is 0 Å². The van der Waals surface area contributed by atoms with Crippen molar-refractivity contribution in [2.75, 3.05) is 57.4 Å². The van der Waals surface area contributed by atoms with E-state index >= 15 is 0 Å². The van der Waals surface area contributed by atoms with E-state index in [-0.39, 0.29) is 5.82 Å². The van der Waals surface area contributed by atoms with Crippen LogP contribution >= 0.6 is 0 Å². The molecule has 0 bridgehead atoms. The second-order valence-electron chi connectivity index (χ2n) is 5.40. The maximum atomic E-state index is 14.3. The molecule has 4 nitrogen and oxygen atoms in total. The summed E-state index contributed by atoms with van der Waals surface area (Å²) in [5.74, 6) is -0.0903. The summed E-state index contributed by atoms with van der Waals surface area (Å²) < 4.78 is 19.6. The molecule has 2 aliphatic heterocycles. The second-order valence-corrected chi connectivity index (χ2v) is 5.40. The summed E-state index contributed by atoms with van der Waals surface area (Å²) in [5, 5.41) is 3.31. The van der Waals surface area contributed by atoms with Crippen LogP contribution in [0, 0.1) is 5.82 Å². The Labute approximate surface area is 119 Å². The van der Waals surface area contributed by atoms with Crippen molar-refractivity contribution >= 4 is 5.69 Å². The monoisotopic (exact) mass is 279 g/mol. The van der Waals surface area contributed by atoms with Crippen molar-refractivity contribution < 1.29 is 9.13 Å². The van der Waals surface area contributed by atoms with Crippen LogP contribution in [0.3, 0.4) is 0 Å². The van der Waals surface area contributed by atoms with Gasteiger partial charge in [-0.2, -0.15) is 0 Å². The van der Waals surface area contributed by atoms with Gasteiger partial charge in [0.1, 0.15) is 5.82 Å². The van der Waals surface area contributed by atoms with Gasteiger partial charge in [0.15, 0.2) is 0 Å². The van der Waals surface area contributed by atoms with Gasteiger partial charge in [0.2, 0.25) is 0 Å². The van der Waals surface area contributed by atoms with Crippen molar-refractivity contribution in [2.45, 2.75) is 6.54 Å². The van der Waals surface area contributed by atoms with E-state index < -0.39 is 0 Å². The summed E-state index contributed by atoms with van der Waals surface area (Å²) in [4.78, 5) is 4.48. The first kappa shape index (κ1) is 13.8. The highest BCUT2D eigenvalue weighted by atomic mass is 19.1. The van der Waals surface area contributed by atoms with E-state index in [9.17, 15) is 4.39 Å². The number of hydrogen-bond acceptors (Lipinski definition) is 4. The van der Waals surface area contributed by atoms with Gasteiger partial charge in [0.25, 0.3) is 0 Å². The van der Waals surface area contributed by atoms with Crippen molar-refractivity contribution in [1.82, 2.24) is 10.2 Å². The molecule has 1 aromatic rings. The molecule has 0 unspecified atom stereocenters. The molecular weight excluding hydrogens is 257 g/mol. The Bertz CT molecular complexity index is 443. The lowest BCUT2D eigenvalue weighted by Crippen LogP contribution is -2.43. The highest BCUT2D eigenvalue weighted by Crippen LogP contribution is 2.21. The average molecular weight is 279 g/mol. The van der Waals surface area contributed by atoms with Gasteiger partial charge in [0.05, 0.1) is 13.2 Å². The normalized spacial score (nSPS) is 21.1. The lowest BCUT2D eigenvalue weighted by molar-refractivity contribution is 0.122. The summed E-state index contributed by atoms with van der Waals surface area (Å²) in [5.41, 5.74) is 1.76. The summed E-state index contributed by atoms with van der Waals surface area (Å²) in [6.45, 7) is 7.81. The number of anilines is 1. The van der Waals surface area contributed by atoms with Crippen LogP contribution in [-0.2, 0) is 11.3 Å². The molecule has 2 saturated heterocycles. The Morgan fingerprint density at radius 2 is 1.85 bits per heavy atom. The van der Waals surface area contributed by atoms with Gasteiger partial charge < -0.3 is 15.0 Å². The molecule has 0 spiro atoms. The Kier molecular flexibility index (Phi) is 4.50. The van der Waals surface area contributed by atoms with Gasteiger partial charge in [-0.3, -0.25) is 4.90 Å². The average Bonchev–Trinajstić information content (AvgIpc) is 2.51. The number of halogens is 1. The Morgan fingerprint density at radius 1 is 1.10 bits per heavy atom. The largest absolute Gasteiger partial charge is 0.378 e. The molecule has 0 amide bonds. The maximum absolute atomic E-state index is 14.3. The second kappa shape index (κ2) is 6.52. The predicted octanol–water partition coefficient (Wildman–Crippen LogP) is 1.07. The van der Waals surface area contributed by atoms with E-state index in [2.05, 4.69) is 15.1 Å². The Hall–Kier alpha value is -1.17. The molecule has 0 radical (unpaired) electrons. The van der Waals surface area contributed by atoms with E-state index in [1.54, 1.807) is 6.07 Å². The van der Waals surface area contributed by atoms with Gasteiger partial charge in [-0.1, -0.05) is 6.07 Å². The topological polar surface area (TPSA) is 27.7 Å². The molecule has 0 aliphatic carbocycles. The third-order valence-electron chi connectivity index (χ3n) is 4.02. The zero-order valence-electron chi connectivity index (χ0n) is 11.8. The molecule has 3 rings (SSSR count). The van der Waals surface area contributed by atoms with Gasteiger partial charge in [0, 0.05) is 57.1 Å². The first-order valence-electron chi connectivity index (χ1n) is 7.37. The van der Waals surface area contributed by atoms with E-state index in [0.29, 0.717) is 6.54 Å². The molecule has 0 saturated carbocycles. The number of morpholine rings is 1. The smallest absolute Gasteiger partial charge is 0.129 e. The van der Waals surface area contributed by atoms with Crippen LogP contribution in [0.1, 0.15) is 5.56 Å². The number of ether oxygens (including phenoxy) is 1. The lowest BCUT2D eigenvalue weighted by Gasteiger charge is -2.30. The first-order valence-corrected chi connectivity index (χ1v) is 7.37. The molecule has 0 aromatic heterocycles. The quantitative estimate of drug-likeness (QED) is 0.896. The molecule has 20 heavy (non-hydrogen) atoms. The Balaban J connectivity index is 1.66. The summed E-state index contributed by atoms with van der Waals surface area (Å²) in [7, 11) is 0. The van der Waals surface area contributed by atoms with Crippen LogP contribution in [-0.4, -0.2) is 57.4 Å². The molecule has 0 atom stereocenters. The zero-order valence-corrected chi connectivity index (χ0v) is 11.8. The number of piperazine rings is 1. The van der Waals surface area contributed by atoms with Crippen LogP contribution in [0.5, 0.6) is 0 Å².